The molecule has 0 bridgehead atoms. The Kier molecular flexibility index (Phi) is 19.1. The van der Waals surface area contributed by atoms with Gasteiger partial charge in [0.2, 0.25) is 0 Å². The largest absolute Gasteiger partial charge is 0.463 e. The number of likely N-dealkylation sites (N-methyl/N-ethyl adjacent to an activating group) is 1. The smallest absolute Gasteiger partial charge is 0.333 e. The van der Waals surface area contributed by atoms with Crippen LogP contribution in [0, 0.1) is 0 Å². The second kappa shape index (κ2) is 16.7. The molecule has 136 valence electrons. The lowest BCUT2D eigenvalue weighted by Crippen LogP contribution is -2.20. The molecule has 0 amide bonds. The molecule has 0 radical (unpaired) electrons. The van der Waals surface area contributed by atoms with E-state index >= 15 is 0 Å². The average molecular weight is 330 g/mol. The molecular formula is C17H34N2O4. The van der Waals surface area contributed by atoms with Crippen LogP contribution in [0.3, 0.4) is 0 Å². The summed E-state index contributed by atoms with van der Waals surface area (Å²) in [5.41, 5.74) is 0.899. The minimum atomic E-state index is -0.313. The van der Waals surface area contributed by atoms with Gasteiger partial charge in [-0.05, 0) is 56.0 Å². The van der Waals surface area contributed by atoms with E-state index in [1.807, 2.05) is 45.0 Å². The molecule has 0 heterocycles. The fourth-order valence-electron chi connectivity index (χ4n) is 0.698. The normalized spacial score (nSPS) is 9.13. The summed E-state index contributed by atoms with van der Waals surface area (Å²) in [6.07, 6.45) is 0. The van der Waals surface area contributed by atoms with Crippen molar-refractivity contribution in [2.24, 2.45) is 0 Å². The van der Waals surface area contributed by atoms with Crippen molar-refractivity contribution in [2.45, 2.75) is 20.8 Å². The Bertz CT molecular complexity index is 361. The van der Waals surface area contributed by atoms with Crippen molar-refractivity contribution in [3.63, 3.8) is 0 Å². The SMILES string of the molecule is C=C(C)C(=O)OCC.C=C(C)C(=O)OCCN(C)C.CN(C)C. The summed E-state index contributed by atoms with van der Waals surface area (Å²) in [4.78, 5) is 25.2. The molecule has 0 atom stereocenters. The maximum atomic E-state index is 10.8. The third kappa shape index (κ3) is 29.1. The Labute approximate surface area is 141 Å². The third-order valence-corrected chi connectivity index (χ3v) is 1.74. The lowest BCUT2D eigenvalue weighted by atomic mass is 10.4. The Hall–Kier alpha value is -1.66. The van der Waals surface area contributed by atoms with E-state index < -0.39 is 0 Å². The molecule has 6 nitrogen and oxygen atoms in total. The Morgan fingerprint density at radius 2 is 1.22 bits per heavy atom. The van der Waals surface area contributed by atoms with E-state index in [0.717, 1.165) is 6.54 Å². The Balaban J connectivity index is -0.000000292. The van der Waals surface area contributed by atoms with Crippen LogP contribution < -0.4 is 0 Å². The van der Waals surface area contributed by atoms with Crippen molar-refractivity contribution in [1.82, 2.24) is 9.80 Å². The van der Waals surface area contributed by atoms with Crippen LogP contribution in [0.15, 0.2) is 24.3 Å². The van der Waals surface area contributed by atoms with Gasteiger partial charge < -0.3 is 19.3 Å². The number of rotatable bonds is 6. The van der Waals surface area contributed by atoms with Crippen LogP contribution in [-0.2, 0) is 19.1 Å². The Morgan fingerprint density at radius 1 is 0.870 bits per heavy atom. The number of hydrogen-bond acceptors (Lipinski definition) is 6. The molecule has 0 rings (SSSR count). The summed E-state index contributed by atoms with van der Waals surface area (Å²) in [7, 11) is 9.85. The zero-order valence-corrected chi connectivity index (χ0v) is 16.1. The first-order valence-electron chi connectivity index (χ1n) is 7.36. The van der Waals surface area contributed by atoms with Crippen LogP contribution in [0.4, 0.5) is 0 Å². The second-order valence-corrected chi connectivity index (χ2v) is 5.56. The van der Waals surface area contributed by atoms with Gasteiger partial charge in [0.05, 0.1) is 6.61 Å². The van der Waals surface area contributed by atoms with E-state index in [-0.39, 0.29) is 11.9 Å². The van der Waals surface area contributed by atoms with Crippen LogP contribution in [0.5, 0.6) is 0 Å². The predicted octanol–water partition coefficient (Wildman–Crippen LogP) is 1.97. The molecule has 0 aromatic rings. The van der Waals surface area contributed by atoms with Crippen molar-refractivity contribution < 1.29 is 19.1 Å². The van der Waals surface area contributed by atoms with Gasteiger partial charge in [0.25, 0.3) is 0 Å². The molecule has 0 aliphatic heterocycles. The third-order valence-electron chi connectivity index (χ3n) is 1.74. The number of nitrogens with zero attached hydrogens (tertiary/aromatic N) is 2. The number of esters is 2. The predicted molar refractivity (Wildman–Crippen MR) is 95.4 cm³/mol. The summed E-state index contributed by atoms with van der Waals surface area (Å²) < 4.78 is 9.40. The molecule has 0 fully saturated rings. The van der Waals surface area contributed by atoms with Gasteiger partial charge in [0, 0.05) is 17.7 Å². The highest BCUT2D eigenvalue weighted by Gasteiger charge is 2.01. The molecule has 0 saturated heterocycles. The summed E-state index contributed by atoms with van der Waals surface area (Å²) in [6, 6.07) is 0. The van der Waals surface area contributed by atoms with Crippen LogP contribution in [0.1, 0.15) is 20.8 Å². The molecule has 0 aliphatic carbocycles. The molecule has 0 spiro atoms. The van der Waals surface area contributed by atoms with Gasteiger partial charge in [0.1, 0.15) is 6.61 Å². The number of hydrogen-bond donors (Lipinski definition) is 0. The number of carbonyl (C=O) groups excluding carboxylic acids is 2. The first kappa shape index (κ1) is 26.2. The van der Waals surface area contributed by atoms with Crippen LogP contribution in [0.2, 0.25) is 0 Å². The molecule has 0 unspecified atom stereocenters. The van der Waals surface area contributed by atoms with Crippen LogP contribution in [0.25, 0.3) is 0 Å². The summed E-state index contributed by atoms with van der Waals surface area (Å²) in [6.45, 7) is 13.5. The standard InChI is InChI=1S/C8H15NO2.C6H10O2.C3H9N/c1-7(2)8(10)11-6-5-9(3)4;1-4-8-6(7)5(2)3;1-4(2)3/h1,5-6H2,2-4H3;2,4H2,1,3H3;1-3H3. The van der Waals surface area contributed by atoms with Gasteiger partial charge in [0.15, 0.2) is 0 Å². The summed E-state index contributed by atoms with van der Waals surface area (Å²) in [5, 5.41) is 0. The maximum absolute atomic E-state index is 10.8. The summed E-state index contributed by atoms with van der Waals surface area (Å²) in [5.74, 6) is -0.626. The van der Waals surface area contributed by atoms with Crippen molar-refractivity contribution >= 4 is 11.9 Å². The maximum Gasteiger partial charge on any atom is 0.333 e. The van der Waals surface area contributed by atoms with E-state index in [9.17, 15) is 9.59 Å². The monoisotopic (exact) mass is 330 g/mol. The molecule has 0 saturated carbocycles. The highest BCUT2D eigenvalue weighted by atomic mass is 16.5. The molecular weight excluding hydrogens is 296 g/mol. The van der Waals surface area contributed by atoms with Crippen molar-refractivity contribution in [3.05, 3.63) is 24.3 Å². The topological polar surface area (TPSA) is 59.1 Å². The molecule has 0 aromatic heterocycles. The van der Waals surface area contributed by atoms with Crippen LogP contribution >= 0.6 is 0 Å². The molecule has 0 N–H and O–H groups in total. The van der Waals surface area contributed by atoms with E-state index in [0.29, 0.717) is 24.4 Å². The van der Waals surface area contributed by atoms with Crippen molar-refractivity contribution in [2.75, 3.05) is 55.0 Å². The van der Waals surface area contributed by atoms with Gasteiger partial charge in [-0.15, -0.1) is 0 Å². The van der Waals surface area contributed by atoms with Crippen molar-refractivity contribution in [3.8, 4) is 0 Å². The minimum Gasteiger partial charge on any atom is -0.463 e. The first-order chi connectivity index (χ1) is 10.4. The fraction of sp³-hybridized carbons (Fsp3) is 0.647. The summed E-state index contributed by atoms with van der Waals surface area (Å²) >= 11 is 0. The van der Waals surface area contributed by atoms with Crippen molar-refractivity contribution in [1.29, 1.82) is 0 Å². The molecule has 23 heavy (non-hydrogen) atoms. The van der Waals surface area contributed by atoms with Gasteiger partial charge >= 0.3 is 11.9 Å². The lowest BCUT2D eigenvalue weighted by Gasteiger charge is -2.09. The number of carbonyl (C=O) groups is 2. The van der Waals surface area contributed by atoms with E-state index in [1.165, 1.54) is 0 Å². The zero-order valence-electron chi connectivity index (χ0n) is 16.1. The molecule has 0 aromatic carbocycles. The van der Waals surface area contributed by atoms with E-state index in [4.69, 9.17) is 4.74 Å². The van der Waals surface area contributed by atoms with Gasteiger partial charge in [-0.25, -0.2) is 9.59 Å². The van der Waals surface area contributed by atoms with Crippen LogP contribution in [-0.4, -0.2) is 76.7 Å². The van der Waals surface area contributed by atoms with Gasteiger partial charge in [-0.2, -0.15) is 0 Å². The molecule has 6 heteroatoms. The highest BCUT2D eigenvalue weighted by Crippen LogP contribution is 1.91. The quantitative estimate of drug-likeness (QED) is 0.548. The average Bonchev–Trinajstić information content (AvgIpc) is 2.38. The lowest BCUT2D eigenvalue weighted by molar-refractivity contribution is -0.139. The minimum absolute atomic E-state index is 0.312. The fourth-order valence-corrected chi connectivity index (χ4v) is 0.698. The number of ether oxygens (including phenoxy) is 2. The second-order valence-electron chi connectivity index (χ2n) is 5.56. The van der Waals surface area contributed by atoms with E-state index in [1.54, 1.807) is 20.8 Å². The van der Waals surface area contributed by atoms with Gasteiger partial charge in [-0.1, -0.05) is 13.2 Å². The molecule has 0 aliphatic rings. The Morgan fingerprint density at radius 3 is 1.43 bits per heavy atom. The first-order valence-corrected chi connectivity index (χ1v) is 7.36. The van der Waals surface area contributed by atoms with Gasteiger partial charge in [-0.3, -0.25) is 0 Å². The van der Waals surface area contributed by atoms with E-state index in [2.05, 4.69) is 17.9 Å². The zero-order chi connectivity index (χ0) is 19.0. The highest BCUT2D eigenvalue weighted by molar-refractivity contribution is 5.87.